The monoisotopic (exact) mass is 443 g/mol. The lowest BCUT2D eigenvalue weighted by molar-refractivity contribution is 0.0397. The van der Waals surface area contributed by atoms with Crippen LogP contribution < -0.4 is 5.73 Å². The average molecular weight is 446 g/mol. The number of halogens is 3. The minimum atomic E-state index is -0.731. The van der Waals surface area contributed by atoms with Gasteiger partial charge < -0.3 is 15.9 Å². The normalized spacial score (nSPS) is 15.6. The Hall–Kier alpha value is 0.380. The van der Waals surface area contributed by atoms with E-state index in [9.17, 15) is 10.2 Å². The summed E-state index contributed by atoms with van der Waals surface area (Å²) in [5.74, 6) is 0.0739. The highest BCUT2D eigenvalue weighted by Gasteiger charge is 2.32. The van der Waals surface area contributed by atoms with E-state index in [0.29, 0.717) is 14.5 Å². The molecule has 102 valence electrons. The van der Waals surface area contributed by atoms with Gasteiger partial charge >= 0.3 is 0 Å². The van der Waals surface area contributed by atoms with Gasteiger partial charge in [-0.05, 0) is 43.3 Å². The van der Waals surface area contributed by atoms with Crippen LogP contribution in [0.5, 0.6) is 5.75 Å². The van der Waals surface area contributed by atoms with Crippen molar-refractivity contribution in [3.63, 3.8) is 0 Å². The van der Waals surface area contributed by atoms with Crippen molar-refractivity contribution >= 4 is 47.8 Å². The third-order valence-corrected chi connectivity index (χ3v) is 4.81. The molecule has 0 spiro atoms. The molecule has 0 amide bonds. The van der Waals surface area contributed by atoms with E-state index in [-0.39, 0.29) is 11.2 Å². The van der Waals surface area contributed by atoms with E-state index in [2.05, 4.69) is 47.8 Å². The molecule has 3 nitrogen and oxygen atoms in total. The lowest BCUT2D eigenvalue weighted by Crippen LogP contribution is -2.37. The van der Waals surface area contributed by atoms with Crippen LogP contribution in [-0.4, -0.2) is 16.3 Å². The molecule has 0 saturated heterocycles. The first-order chi connectivity index (χ1) is 8.07. The van der Waals surface area contributed by atoms with Gasteiger partial charge in [-0.2, -0.15) is 0 Å². The zero-order valence-electron chi connectivity index (χ0n) is 10.3. The molecule has 18 heavy (non-hydrogen) atoms. The van der Waals surface area contributed by atoms with Crippen LogP contribution in [0.4, 0.5) is 0 Å². The van der Waals surface area contributed by atoms with Crippen molar-refractivity contribution in [2.24, 2.45) is 11.1 Å². The predicted molar refractivity (Wildman–Crippen MR) is 83.6 cm³/mol. The van der Waals surface area contributed by atoms with Crippen LogP contribution in [0.2, 0.25) is 0 Å². The van der Waals surface area contributed by atoms with Gasteiger partial charge in [-0.15, -0.1) is 0 Å². The fraction of sp³-hybridized carbons (Fsp3) is 0.500. The zero-order chi connectivity index (χ0) is 14.2. The SMILES string of the molecule is CC(C)(C)[C@@H](O)[C@@H](N)c1c(Br)cc(Br)c(O)c1Br. The number of phenolic OH excluding ortho intramolecular Hbond substituents is 1. The van der Waals surface area contributed by atoms with Crippen molar-refractivity contribution < 1.29 is 10.2 Å². The number of phenols is 1. The highest BCUT2D eigenvalue weighted by atomic mass is 79.9. The fourth-order valence-corrected chi connectivity index (χ4v) is 4.25. The van der Waals surface area contributed by atoms with E-state index in [1.54, 1.807) is 6.07 Å². The lowest BCUT2D eigenvalue weighted by atomic mass is 9.82. The Morgan fingerprint density at radius 1 is 1.17 bits per heavy atom. The quantitative estimate of drug-likeness (QED) is 0.642. The minimum Gasteiger partial charge on any atom is -0.506 e. The van der Waals surface area contributed by atoms with E-state index >= 15 is 0 Å². The molecule has 0 saturated carbocycles. The fourth-order valence-electron chi connectivity index (χ4n) is 1.60. The second-order valence-electron chi connectivity index (χ2n) is 5.25. The summed E-state index contributed by atoms with van der Waals surface area (Å²) in [6.45, 7) is 5.74. The number of benzene rings is 1. The van der Waals surface area contributed by atoms with Gasteiger partial charge in [0.2, 0.25) is 0 Å². The highest BCUT2D eigenvalue weighted by molar-refractivity contribution is 9.11. The third-order valence-electron chi connectivity index (χ3n) is 2.74. The summed E-state index contributed by atoms with van der Waals surface area (Å²) < 4.78 is 1.77. The first-order valence-electron chi connectivity index (χ1n) is 5.37. The van der Waals surface area contributed by atoms with Crippen LogP contribution in [0.25, 0.3) is 0 Å². The number of hydrogen-bond donors (Lipinski definition) is 3. The Morgan fingerprint density at radius 2 is 1.67 bits per heavy atom. The summed E-state index contributed by atoms with van der Waals surface area (Å²) in [5, 5.41) is 20.1. The van der Waals surface area contributed by atoms with Crippen molar-refractivity contribution in [3.8, 4) is 5.75 Å². The molecule has 0 fully saturated rings. The first-order valence-corrected chi connectivity index (χ1v) is 7.75. The second-order valence-corrected chi connectivity index (χ2v) is 7.75. The molecular weight excluding hydrogens is 430 g/mol. The molecule has 0 aliphatic heterocycles. The summed E-state index contributed by atoms with van der Waals surface area (Å²) >= 11 is 9.97. The number of aliphatic hydroxyl groups is 1. The largest absolute Gasteiger partial charge is 0.506 e. The maximum atomic E-state index is 10.3. The zero-order valence-corrected chi connectivity index (χ0v) is 15.1. The molecule has 1 aromatic rings. The molecule has 6 heteroatoms. The second kappa shape index (κ2) is 5.79. The Labute approximate surface area is 132 Å². The molecule has 4 N–H and O–H groups in total. The Kier molecular flexibility index (Phi) is 5.29. The smallest absolute Gasteiger partial charge is 0.144 e. The van der Waals surface area contributed by atoms with E-state index in [4.69, 9.17) is 5.73 Å². The lowest BCUT2D eigenvalue weighted by Gasteiger charge is -2.32. The van der Waals surface area contributed by atoms with Gasteiger partial charge in [-0.1, -0.05) is 36.7 Å². The number of nitrogens with two attached hydrogens (primary N) is 1. The Morgan fingerprint density at radius 3 is 2.11 bits per heavy atom. The topological polar surface area (TPSA) is 66.5 Å². The molecule has 0 aliphatic rings. The number of aromatic hydroxyl groups is 1. The summed E-state index contributed by atoms with van der Waals surface area (Å²) in [6.07, 6.45) is -0.731. The van der Waals surface area contributed by atoms with Crippen molar-refractivity contribution in [1.82, 2.24) is 0 Å². The molecule has 0 aromatic heterocycles. The van der Waals surface area contributed by atoms with Crippen LogP contribution in [0.3, 0.4) is 0 Å². The maximum absolute atomic E-state index is 10.3. The molecular formula is C12H16Br3NO2. The minimum absolute atomic E-state index is 0.0739. The molecule has 0 heterocycles. The Balaban J connectivity index is 3.30. The number of aliphatic hydroxyl groups excluding tert-OH is 1. The molecule has 1 aromatic carbocycles. The molecule has 0 unspecified atom stereocenters. The molecule has 1 rings (SSSR count). The van der Waals surface area contributed by atoms with Crippen LogP contribution in [0.1, 0.15) is 32.4 Å². The molecule has 2 atom stereocenters. The summed E-state index contributed by atoms with van der Waals surface area (Å²) in [7, 11) is 0. The Bertz CT molecular complexity index is 458. The van der Waals surface area contributed by atoms with Gasteiger partial charge in [0.05, 0.1) is 21.1 Å². The first kappa shape index (κ1) is 16.4. The number of hydrogen-bond acceptors (Lipinski definition) is 3. The standard InChI is InChI=1S/C12H16Br3NO2/c1-12(2,3)11(18)9(16)7-5(13)4-6(14)10(17)8(7)15/h4,9,11,17-18H,16H2,1-3H3/t9-,11-/m0/s1. The van der Waals surface area contributed by atoms with E-state index in [0.717, 1.165) is 4.47 Å². The maximum Gasteiger partial charge on any atom is 0.144 e. The van der Waals surface area contributed by atoms with Crippen LogP contribution in [-0.2, 0) is 0 Å². The average Bonchev–Trinajstić information content (AvgIpc) is 2.23. The van der Waals surface area contributed by atoms with Crippen LogP contribution >= 0.6 is 47.8 Å². The summed E-state index contributed by atoms with van der Waals surface area (Å²) in [4.78, 5) is 0. The van der Waals surface area contributed by atoms with E-state index in [1.165, 1.54) is 0 Å². The highest BCUT2D eigenvalue weighted by Crippen LogP contribution is 2.43. The van der Waals surface area contributed by atoms with Crippen molar-refractivity contribution in [2.45, 2.75) is 32.9 Å². The van der Waals surface area contributed by atoms with Gasteiger partial charge in [0.25, 0.3) is 0 Å². The van der Waals surface area contributed by atoms with Crippen LogP contribution in [0.15, 0.2) is 19.5 Å². The summed E-state index contributed by atoms with van der Waals surface area (Å²) in [5.41, 5.74) is 6.41. The van der Waals surface area contributed by atoms with Gasteiger partial charge in [0, 0.05) is 10.0 Å². The van der Waals surface area contributed by atoms with Crippen molar-refractivity contribution in [1.29, 1.82) is 0 Å². The molecule has 0 radical (unpaired) electrons. The van der Waals surface area contributed by atoms with Crippen LogP contribution in [0, 0.1) is 5.41 Å². The van der Waals surface area contributed by atoms with E-state index in [1.807, 2.05) is 20.8 Å². The molecule has 0 bridgehead atoms. The van der Waals surface area contributed by atoms with Crippen molar-refractivity contribution in [2.75, 3.05) is 0 Å². The number of rotatable bonds is 2. The van der Waals surface area contributed by atoms with Crippen molar-refractivity contribution in [3.05, 3.63) is 25.0 Å². The van der Waals surface area contributed by atoms with Gasteiger partial charge in [-0.25, -0.2) is 0 Å². The molecule has 0 aliphatic carbocycles. The van der Waals surface area contributed by atoms with Gasteiger partial charge in [0.15, 0.2) is 0 Å². The predicted octanol–water partition coefficient (Wildman–Crippen LogP) is 4.09. The van der Waals surface area contributed by atoms with Gasteiger partial charge in [0.1, 0.15) is 5.75 Å². The van der Waals surface area contributed by atoms with Gasteiger partial charge in [-0.3, -0.25) is 0 Å². The third kappa shape index (κ3) is 3.28. The van der Waals surface area contributed by atoms with E-state index < -0.39 is 12.1 Å². The summed E-state index contributed by atoms with van der Waals surface area (Å²) in [6, 6.07) is 1.11.